The molecule has 0 radical (unpaired) electrons. The van der Waals surface area contributed by atoms with E-state index in [1.54, 1.807) is 65.6 Å². The molecule has 0 N–H and O–H groups in total. The van der Waals surface area contributed by atoms with Crippen molar-refractivity contribution in [2.75, 3.05) is 19.1 Å². The maximum Gasteiger partial charge on any atom is 0.339 e. The Morgan fingerprint density at radius 2 is 1.56 bits per heavy atom. The van der Waals surface area contributed by atoms with Crippen LogP contribution >= 0.6 is 11.6 Å². The van der Waals surface area contributed by atoms with Crippen LogP contribution in [0.25, 0.3) is 23.1 Å². The van der Waals surface area contributed by atoms with Gasteiger partial charge in [0.25, 0.3) is 5.91 Å². The van der Waals surface area contributed by atoms with Crippen LogP contribution in [-0.4, -0.2) is 32.1 Å². The summed E-state index contributed by atoms with van der Waals surface area (Å²) in [6.45, 7) is 0. The highest BCUT2D eigenvalue weighted by Gasteiger charge is 2.31. The van der Waals surface area contributed by atoms with Crippen LogP contribution in [0.5, 0.6) is 0 Å². The van der Waals surface area contributed by atoms with Gasteiger partial charge in [-0.3, -0.25) is 9.69 Å². The van der Waals surface area contributed by atoms with E-state index < -0.39 is 11.9 Å². The van der Waals surface area contributed by atoms with Crippen LogP contribution in [0, 0.1) is 0 Å². The molecule has 0 saturated heterocycles. The van der Waals surface area contributed by atoms with Gasteiger partial charge in [-0.15, -0.1) is 0 Å². The van der Waals surface area contributed by atoms with E-state index in [0.717, 1.165) is 11.1 Å². The first-order valence-electron chi connectivity index (χ1n) is 11.9. The van der Waals surface area contributed by atoms with E-state index in [2.05, 4.69) is 0 Å². The minimum atomic E-state index is -0.563. The second-order valence-electron chi connectivity index (χ2n) is 8.56. The van der Waals surface area contributed by atoms with Crippen molar-refractivity contribution in [3.63, 3.8) is 0 Å². The summed E-state index contributed by atoms with van der Waals surface area (Å²) in [5, 5.41) is 0.172. The molecule has 5 rings (SSSR count). The van der Waals surface area contributed by atoms with Gasteiger partial charge in [-0.2, -0.15) is 0 Å². The molecule has 2 heterocycles. The maximum atomic E-state index is 13.7. The molecular formula is C31H22ClNO6. The molecule has 0 atom stereocenters. The summed E-state index contributed by atoms with van der Waals surface area (Å²) in [4.78, 5) is 38.9. The summed E-state index contributed by atoms with van der Waals surface area (Å²) < 4.78 is 15.5. The van der Waals surface area contributed by atoms with Crippen molar-refractivity contribution in [2.24, 2.45) is 0 Å². The van der Waals surface area contributed by atoms with Crippen LogP contribution in [0.4, 0.5) is 5.69 Å². The number of carbonyl (C=O) groups is 3. The number of carbonyl (C=O) groups excluding carboxylic acids is 3. The van der Waals surface area contributed by atoms with Gasteiger partial charge >= 0.3 is 11.9 Å². The highest BCUT2D eigenvalue weighted by atomic mass is 35.5. The molecule has 0 saturated carbocycles. The average molecular weight is 540 g/mol. The maximum absolute atomic E-state index is 13.7. The lowest BCUT2D eigenvalue weighted by Gasteiger charge is -2.21. The molecule has 0 spiro atoms. The number of rotatable bonds is 6. The average Bonchev–Trinajstić information content (AvgIpc) is 3.57. The molecular weight excluding hydrogens is 518 g/mol. The fourth-order valence-electron chi connectivity index (χ4n) is 4.24. The van der Waals surface area contributed by atoms with Gasteiger partial charge in [-0.05, 0) is 60.2 Å². The molecule has 3 aromatic carbocycles. The topological polar surface area (TPSA) is 86.0 Å². The van der Waals surface area contributed by atoms with Crippen molar-refractivity contribution >= 4 is 46.9 Å². The van der Waals surface area contributed by atoms with Gasteiger partial charge in [0.1, 0.15) is 11.5 Å². The monoisotopic (exact) mass is 539 g/mol. The number of amides is 1. The molecule has 0 fully saturated rings. The van der Waals surface area contributed by atoms with Gasteiger partial charge in [0.2, 0.25) is 0 Å². The first-order chi connectivity index (χ1) is 18.9. The Morgan fingerprint density at radius 1 is 0.846 bits per heavy atom. The Hall–Kier alpha value is -4.88. The lowest BCUT2D eigenvalue weighted by Crippen LogP contribution is -2.25. The zero-order valence-corrected chi connectivity index (χ0v) is 21.8. The summed E-state index contributed by atoms with van der Waals surface area (Å²) >= 11 is 6.37. The fraction of sp³-hybridized carbons (Fsp3) is 0.0645. The van der Waals surface area contributed by atoms with Gasteiger partial charge in [0.05, 0.1) is 41.8 Å². The number of benzene rings is 3. The predicted octanol–water partition coefficient (Wildman–Crippen LogP) is 6.64. The van der Waals surface area contributed by atoms with E-state index in [4.69, 9.17) is 25.5 Å². The number of nitrogens with zero attached hydrogens (tertiary/aromatic N) is 1. The van der Waals surface area contributed by atoms with Crippen LogP contribution in [0.3, 0.4) is 0 Å². The van der Waals surface area contributed by atoms with E-state index in [1.807, 2.05) is 30.3 Å². The zero-order valence-electron chi connectivity index (χ0n) is 21.0. The van der Waals surface area contributed by atoms with Crippen LogP contribution in [-0.2, 0) is 14.3 Å². The molecule has 7 nitrogen and oxygen atoms in total. The van der Waals surface area contributed by atoms with E-state index >= 15 is 0 Å². The number of methoxy groups -OCH3 is 2. The number of ether oxygens (including phenoxy) is 2. The Kier molecular flexibility index (Phi) is 7.17. The summed E-state index contributed by atoms with van der Waals surface area (Å²) in [7, 11) is 2.61. The number of anilines is 1. The molecule has 1 aliphatic heterocycles. The normalized spacial score (nSPS) is 13.9. The third-order valence-electron chi connectivity index (χ3n) is 6.18. The molecule has 0 unspecified atom stereocenters. The SMILES string of the molecule is COC(=O)c1ccc(-c2ccc(/C=C3\C=C(c4ccccc4)N(c4ccc(C(=O)OC)c(Cl)c4)C3=O)o2)cc1. The molecule has 0 aliphatic carbocycles. The second-order valence-corrected chi connectivity index (χ2v) is 8.97. The highest BCUT2D eigenvalue weighted by molar-refractivity contribution is 6.34. The number of halogens is 1. The third kappa shape index (κ3) is 5.12. The smallest absolute Gasteiger partial charge is 0.339 e. The third-order valence-corrected chi connectivity index (χ3v) is 6.50. The molecule has 0 bridgehead atoms. The summed E-state index contributed by atoms with van der Waals surface area (Å²) in [6.07, 6.45) is 3.45. The van der Waals surface area contributed by atoms with Gasteiger partial charge in [0.15, 0.2) is 0 Å². The van der Waals surface area contributed by atoms with Crippen LogP contribution in [0.15, 0.2) is 101 Å². The Labute approximate surface area is 229 Å². The van der Waals surface area contributed by atoms with Gasteiger partial charge in [-0.1, -0.05) is 54.1 Å². The van der Waals surface area contributed by atoms with Crippen molar-refractivity contribution in [3.8, 4) is 11.3 Å². The van der Waals surface area contributed by atoms with Crippen molar-refractivity contribution < 1.29 is 28.3 Å². The van der Waals surface area contributed by atoms with Crippen LogP contribution in [0.2, 0.25) is 5.02 Å². The fourth-order valence-corrected chi connectivity index (χ4v) is 4.49. The minimum Gasteiger partial charge on any atom is -0.465 e. The zero-order chi connectivity index (χ0) is 27.5. The Balaban J connectivity index is 1.49. The Bertz CT molecular complexity index is 1630. The molecule has 39 heavy (non-hydrogen) atoms. The van der Waals surface area contributed by atoms with Crippen molar-refractivity contribution in [1.29, 1.82) is 0 Å². The first-order valence-corrected chi connectivity index (χ1v) is 12.3. The summed E-state index contributed by atoms with van der Waals surface area (Å²) in [5.41, 5.74) is 3.80. The van der Waals surface area contributed by atoms with Gasteiger partial charge in [0, 0.05) is 11.1 Å². The largest absolute Gasteiger partial charge is 0.465 e. The molecule has 1 aromatic heterocycles. The minimum absolute atomic E-state index is 0.172. The van der Waals surface area contributed by atoms with Crippen LogP contribution in [0.1, 0.15) is 32.0 Å². The predicted molar refractivity (Wildman–Crippen MR) is 148 cm³/mol. The highest BCUT2D eigenvalue weighted by Crippen LogP contribution is 2.37. The van der Waals surface area contributed by atoms with E-state index in [1.165, 1.54) is 20.3 Å². The van der Waals surface area contributed by atoms with Crippen molar-refractivity contribution in [2.45, 2.75) is 0 Å². The number of hydrogen-bond donors (Lipinski definition) is 0. The quantitative estimate of drug-likeness (QED) is 0.201. The second kappa shape index (κ2) is 10.8. The lowest BCUT2D eigenvalue weighted by atomic mass is 10.1. The molecule has 1 aliphatic rings. The van der Waals surface area contributed by atoms with Crippen molar-refractivity contribution in [3.05, 3.63) is 124 Å². The number of esters is 2. The summed E-state index contributed by atoms with van der Waals surface area (Å²) in [5.74, 6) is -0.200. The number of hydrogen-bond acceptors (Lipinski definition) is 6. The number of furan rings is 1. The molecule has 4 aromatic rings. The Morgan fingerprint density at radius 3 is 2.23 bits per heavy atom. The van der Waals surface area contributed by atoms with Gasteiger partial charge < -0.3 is 13.9 Å². The lowest BCUT2D eigenvalue weighted by molar-refractivity contribution is -0.113. The van der Waals surface area contributed by atoms with Gasteiger partial charge in [-0.25, -0.2) is 9.59 Å². The van der Waals surface area contributed by atoms with E-state index in [9.17, 15) is 14.4 Å². The summed E-state index contributed by atoms with van der Waals surface area (Å²) in [6, 6.07) is 24.6. The molecule has 8 heteroatoms. The van der Waals surface area contributed by atoms with E-state index in [0.29, 0.717) is 34.0 Å². The van der Waals surface area contributed by atoms with Crippen molar-refractivity contribution in [1.82, 2.24) is 0 Å². The van der Waals surface area contributed by atoms with E-state index in [-0.39, 0.29) is 16.5 Å². The molecule has 1 amide bonds. The molecule has 194 valence electrons. The first kappa shape index (κ1) is 25.8. The standard InChI is InChI=1S/C31H22ClNO6/c1-37-30(35)21-10-8-20(9-11-21)28-15-13-24(39-28)16-22-17-27(19-6-4-3-5-7-19)33(29(22)34)23-12-14-25(26(32)18-23)31(36)38-2/h3-18H,1-2H3/b22-16+. The van der Waals surface area contributed by atoms with Crippen LogP contribution < -0.4 is 4.90 Å².